The van der Waals surface area contributed by atoms with Crippen molar-refractivity contribution < 1.29 is 4.79 Å². The fourth-order valence-corrected chi connectivity index (χ4v) is 4.65. The van der Waals surface area contributed by atoms with Gasteiger partial charge in [-0.3, -0.25) is 9.48 Å². The Morgan fingerprint density at radius 3 is 2.59 bits per heavy atom. The minimum Gasteiger partial charge on any atom is -0.382 e. The number of hydrogen-bond acceptors (Lipinski definition) is 5. The Labute approximate surface area is 213 Å². The number of hydrogen-bond donors (Lipinski definition) is 1. The first kappa shape index (κ1) is 22.5. The smallest absolute Gasteiger partial charge is 0.253 e. The molecule has 37 heavy (non-hydrogen) atoms. The van der Waals surface area contributed by atoms with E-state index in [1.807, 2.05) is 53.2 Å². The molecule has 6 rings (SSSR count). The summed E-state index contributed by atoms with van der Waals surface area (Å²) in [4.78, 5) is 18.4. The van der Waals surface area contributed by atoms with Crippen LogP contribution in [0.15, 0.2) is 91.4 Å². The van der Waals surface area contributed by atoms with Gasteiger partial charge in [-0.2, -0.15) is 10.2 Å². The maximum absolute atomic E-state index is 12.6. The van der Waals surface area contributed by atoms with Crippen molar-refractivity contribution >= 4 is 28.1 Å². The summed E-state index contributed by atoms with van der Waals surface area (Å²) in [5.74, 6) is 0.320. The van der Waals surface area contributed by atoms with Gasteiger partial charge in [-0.1, -0.05) is 54.6 Å². The lowest BCUT2D eigenvalue weighted by Crippen LogP contribution is -2.21. The topological polar surface area (TPSA) is 94.3 Å². The van der Waals surface area contributed by atoms with Crippen LogP contribution in [0.1, 0.15) is 15.9 Å². The quantitative estimate of drug-likeness (QED) is 0.379. The van der Waals surface area contributed by atoms with E-state index in [1.165, 1.54) is 11.9 Å². The van der Waals surface area contributed by atoms with Crippen molar-refractivity contribution in [3.63, 3.8) is 0 Å². The largest absolute Gasteiger partial charge is 0.382 e. The summed E-state index contributed by atoms with van der Waals surface area (Å²) >= 11 is 0. The molecule has 0 saturated carbocycles. The van der Waals surface area contributed by atoms with Gasteiger partial charge in [0.25, 0.3) is 5.91 Å². The van der Waals surface area contributed by atoms with Crippen LogP contribution in [0.25, 0.3) is 38.8 Å². The van der Waals surface area contributed by atoms with Crippen molar-refractivity contribution in [2.75, 3.05) is 19.8 Å². The summed E-state index contributed by atoms with van der Waals surface area (Å²) in [6.45, 7) is 0.701. The van der Waals surface area contributed by atoms with E-state index in [2.05, 4.69) is 46.6 Å². The number of aromatic nitrogens is 5. The molecule has 3 aromatic carbocycles. The van der Waals surface area contributed by atoms with E-state index in [4.69, 9.17) is 10.8 Å². The van der Waals surface area contributed by atoms with E-state index in [0.717, 1.165) is 33.3 Å². The lowest BCUT2D eigenvalue weighted by Gasteiger charge is -2.11. The van der Waals surface area contributed by atoms with Crippen LogP contribution in [0.5, 0.6) is 0 Å². The highest BCUT2D eigenvalue weighted by atomic mass is 16.2. The van der Waals surface area contributed by atoms with Gasteiger partial charge in [0.05, 0.1) is 17.8 Å². The average molecular weight is 488 g/mol. The zero-order valence-electron chi connectivity index (χ0n) is 20.5. The normalized spacial score (nSPS) is 11.3. The second kappa shape index (κ2) is 8.91. The molecule has 0 unspecified atom stereocenters. The second-order valence-corrected chi connectivity index (χ2v) is 9.22. The van der Waals surface area contributed by atoms with E-state index in [9.17, 15) is 4.79 Å². The van der Waals surface area contributed by atoms with Gasteiger partial charge in [0.15, 0.2) is 5.82 Å². The Morgan fingerprint density at radius 1 is 0.946 bits per heavy atom. The van der Waals surface area contributed by atoms with E-state index in [0.29, 0.717) is 23.4 Å². The molecule has 3 aromatic heterocycles. The zero-order valence-corrected chi connectivity index (χ0v) is 20.5. The van der Waals surface area contributed by atoms with E-state index < -0.39 is 0 Å². The fourth-order valence-electron chi connectivity index (χ4n) is 4.65. The van der Waals surface area contributed by atoms with Crippen LogP contribution >= 0.6 is 0 Å². The number of nitrogens with two attached hydrogens (primary N) is 1. The predicted octanol–water partition coefficient (Wildman–Crippen LogP) is 4.75. The molecule has 0 atom stereocenters. The standard InChI is InChI=1S/C29H25N7O/c1-34(2)29(37)22-10-6-9-21(13-22)26-15-24(27-28(30)31-18-32-36(26)27)20-11-12-23-17-35(33-25(23)14-20)16-19-7-4-3-5-8-19/h3-15,17-18H,16H2,1-2H3,(H2,30,31,32). The van der Waals surface area contributed by atoms with Gasteiger partial charge in [-0.05, 0) is 35.4 Å². The number of rotatable bonds is 5. The molecule has 8 heteroatoms. The summed E-state index contributed by atoms with van der Waals surface area (Å²) in [7, 11) is 3.48. The number of carbonyl (C=O) groups excluding carboxylic acids is 1. The zero-order chi connectivity index (χ0) is 25.5. The Kier molecular flexibility index (Phi) is 5.41. The van der Waals surface area contributed by atoms with Gasteiger partial charge >= 0.3 is 0 Å². The first-order chi connectivity index (χ1) is 18.0. The Hall–Kier alpha value is -4.98. The van der Waals surface area contributed by atoms with E-state index in [-0.39, 0.29) is 5.91 Å². The molecule has 3 heterocycles. The number of nitrogens with zero attached hydrogens (tertiary/aromatic N) is 6. The van der Waals surface area contributed by atoms with Gasteiger partial charge in [-0.15, -0.1) is 0 Å². The number of benzene rings is 3. The number of fused-ring (bicyclic) bond motifs is 2. The summed E-state index contributed by atoms with van der Waals surface area (Å²) in [5, 5.41) is 10.4. The van der Waals surface area contributed by atoms with Crippen LogP contribution in [0.3, 0.4) is 0 Å². The predicted molar refractivity (Wildman–Crippen MR) is 145 cm³/mol. The molecule has 6 aromatic rings. The van der Waals surface area contributed by atoms with Crippen molar-refractivity contribution in [1.82, 2.24) is 29.3 Å². The van der Waals surface area contributed by atoms with Gasteiger partial charge in [0.1, 0.15) is 11.8 Å². The van der Waals surface area contributed by atoms with Crippen LogP contribution in [-0.2, 0) is 6.54 Å². The van der Waals surface area contributed by atoms with Crippen LogP contribution in [-0.4, -0.2) is 49.3 Å². The summed E-state index contributed by atoms with van der Waals surface area (Å²) in [6, 6.07) is 26.0. The molecule has 2 N–H and O–H groups in total. The number of amides is 1. The van der Waals surface area contributed by atoms with Gasteiger partial charge in [-0.25, -0.2) is 9.50 Å². The Balaban J connectivity index is 1.46. The molecule has 0 spiro atoms. The fraction of sp³-hybridized carbons (Fsp3) is 0.103. The third-order valence-corrected chi connectivity index (χ3v) is 6.45. The first-order valence-corrected chi connectivity index (χ1v) is 11.9. The number of nitrogen functional groups attached to an aromatic ring is 1. The van der Waals surface area contributed by atoms with Crippen molar-refractivity contribution in [2.45, 2.75) is 6.54 Å². The molecule has 0 fully saturated rings. The second-order valence-electron chi connectivity index (χ2n) is 9.22. The molecule has 0 aliphatic carbocycles. The maximum Gasteiger partial charge on any atom is 0.253 e. The molecule has 0 radical (unpaired) electrons. The highest BCUT2D eigenvalue weighted by Gasteiger charge is 2.18. The van der Waals surface area contributed by atoms with E-state index >= 15 is 0 Å². The van der Waals surface area contributed by atoms with Crippen LogP contribution in [0, 0.1) is 0 Å². The summed E-state index contributed by atoms with van der Waals surface area (Å²) in [5.41, 5.74) is 13.3. The monoisotopic (exact) mass is 487 g/mol. The molecule has 1 amide bonds. The molecular formula is C29H25N7O. The minimum absolute atomic E-state index is 0.0615. The Morgan fingerprint density at radius 2 is 1.78 bits per heavy atom. The van der Waals surface area contributed by atoms with Crippen molar-refractivity contribution in [1.29, 1.82) is 0 Å². The average Bonchev–Trinajstić information content (AvgIpc) is 3.50. The van der Waals surface area contributed by atoms with Crippen LogP contribution in [0.2, 0.25) is 0 Å². The third kappa shape index (κ3) is 4.08. The van der Waals surface area contributed by atoms with E-state index in [1.54, 1.807) is 23.5 Å². The van der Waals surface area contributed by atoms with Crippen molar-refractivity contribution in [3.8, 4) is 22.4 Å². The molecule has 0 aliphatic rings. The molecular weight excluding hydrogens is 462 g/mol. The van der Waals surface area contributed by atoms with Crippen LogP contribution in [0.4, 0.5) is 5.82 Å². The summed E-state index contributed by atoms with van der Waals surface area (Å²) in [6.07, 6.45) is 3.50. The summed E-state index contributed by atoms with van der Waals surface area (Å²) < 4.78 is 3.74. The van der Waals surface area contributed by atoms with Crippen molar-refractivity contribution in [2.24, 2.45) is 0 Å². The molecule has 182 valence electrons. The third-order valence-electron chi connectivity index (χ3n) is 6.45. The molecule has 0 aliphatic heterocycles. The lowest BCUT2D eigenvalue weighted by molar-refractivity contribution is 0.0827. The Bertz CT molecular complexity index is 1770. The number of anilines is 1. The van der Waals surface area contributed by atoms with Crippen molar-refractivity contribution in [3.05, 3.63) is 103 Å². The molecule has 8 nitrogen and oxygen atoms in total. The molecule has 0 saturated heterocycles. The highest BCUT2D eigenvalue weighted by molar-refractivity contribution is 5.97. The van der Waals surface area contributed by atoms with Crippen LogP contribution < -0.4 is 5.73 Å². The SMILES string of the molecule is CN(C)C(=O)c1cccc(-c2cc(-c3ccc4cn(Cc5ccccc5)nc4c3)c3c(N)ncnn23)c1. The lowest BCUT2D eigenvalue weighted by atomic mass is 10.0. The maximum atomic E-state index is 12.6. The number of carbonyl (C=O) groups is 1. The minimum atomic E-state index is -0.0615. The first-order valence-electron chi connectivity index (χ1n) is 11.9. The molecule has 0 bridgehead atoms. The highest BCUT2D eigenvalue weighted by Crippen LogP contribution is 2.36. The van der Waals surface area contributed by atoms with Gasteiger partial charge in [0, 0.05) is 42.4 Å². The van der Waals surface area contributed by atoms with Gasteiger partial charge < -0.3 is 10.6 Å². The van der Waals surface area contributed by atoms with Gasteiger partial charge in [0.2, 0.25) is 0 Å².